The van der Waals surface area contributed by atoms with Crippen molar-refractivity contribution < 1.29 is 13.2 Å². The first-order valence-electron chi connectivity index (χ1n) is 5.87. The minimum atomic E-state index is -2.34. The Morgan fingerprint density at radius 2 is 1.89 bits per heavy atom. The first-order chi connectivity index (χ1) is 8.99. The number of thiol groups is 1. The molecule has 0 aliphatic carbocycles. The van der Waals surface area contributed by atoms with Crippen LogP contribution in [0.4, 0.5) is 5.69 Å². The van der Waals surface area contributed by atoms with Crippen LogP contribution < -0.4 is 10.6 Å². The van der Waals surface area contributed by atoms with E-state index in [-0.39, 0.29) is 11.7 Å². The van der Waals surface area contributed by atoms with Crippen molar-refractivity contribution in [3.8, 4) is 0 Å². The van der Waals surface area contributed by atoms with E-state index in [1.807, 2.05) is 24.3 Å². The van der Waals surface area contributed by atoms with Crippen LogP contribution >= 0.6 is 0 Å². The van der Waals surface area contributed by atoms with Crippen LogP contribution in [0.3, 0.4) is 0 Å². The van der Waals surface area contributed by atoms with Crippen LogP contribution in [0.1, 0.15) is 12.5 Å². The summed E-state index contributed by atoms with van der Waals surface area (Å²) in [7, 11) is -2.34. The standard InChI is InChI=1S/C13H18N2O3S/c1-10(2)13(16)15-9-11-3-5-12(6-4-11)14-7-8-19(17)18/h3-6,14,19H,1,7-9H2,2H3,(H,15,16). The number of anilines is 1. The highest BCUT2D eigenvalue weighted by atomic mass is 32.2. The largest absolute Gasteiger partial charge is 0.384 e. The lowest BCUT2D eigenvalue weighted by atomic mass is 10.2. The molecule has 2 N–H and O–H groups in total. The van der Waals surface area contributed by atoms with E-state index in [1.165, 1.54) is 0 Å². The highest BCUT2D eigenvalue weighted by Gasteiger charge is 2.01. The van der Waals surface area contributed by atoms with Crippen LogP contribution in [-0.2, 0) is 22.0 Å². The summed E-state index contributed by atoms with van der Waals surface area (Å²) in [4.78, 5) is 11.3. The van der Waals surface area contributed by atoms with Gasteiger partial charge in [-0.15, -0.1) is 0 Å². The Hall–Kier alpha value is -1.82. The number of rotatable bonds is 7. The highest BCUT2D eigenvalue weighted by Crippen LogP contribution is 2.09. The molecule has 0 radical (unpaired) electrons. The van der Waals surface area contributed by atoms with E-state index >= 15 is 0 Å². The molecule has 1 amide bonds. The summed E-state index contributed by atoms with van der Waals surface area (Å²) in [5, 5.41) is 5.74. The maximum Gasteiger partial charge on any atom is 0.246 e. The molecule has 1 aromatic carbocycles. The Morgan fingerprint density at radius 3 is 2.42 bits per heavy atom. The Labute approximate surface area is 114 Å². The number of benzene rings is 1. The van der Waals surface area contributed by atoms with Crippen molar-refractivity contribution in [2.75, 3.05) is 17.6 Å². The number of nitrogens with one attached hydrogen (secondary N) is 2. The zero-order valence-electron chi connectivity index (χ0n) is 10.8. The molecule has 1 rings (SSSR count). The lowest BCUT2D eigenvalue weighted by Gasteiger charge is -2.07. The van der Waals surface area contributed by atoms with Crippen molar-refractivity contribution in [3.05, 3.63) is 42.0 Å². The predicted octanol–water partition coefficient (Wildman–Crippen LogP) is 0.902. The smallest absolute Gasteiger partial charge is 0.246 e. The van der Waals surface area contributed by atoms with Gasteiger partial charge in [0.1, 0.15) is 10.7 Å². The van der Waals surface area contributed by atoms with Crippen molar-refractivity contribution in [2.45, 2.75) is 13.5 Å². The molecular formula is C13H18N2O3S. The van der Waals surface area contributed by atoms with Gasteiger partial charge in [0.15, 0.2) is 0 Å². The van der Waals surface area contributed by atoms with E-state index in [2.05, 4.69) is 17.2 Å². The summed E-state index contributed by atoms with van der Waals surface area (Å²) in [6, 6.07) is 7.44. The van der Waals surface area contributed by atoms with Crippen molar-refractivity contribution >= 4 is 22.3 Å². The molecule has 1 aromatic rings. The Morgan fingerprint density at radius 1 is 1.26 bits per heavy atom. The number of carbonyl (C=O) groups excluding carboxylic acids is 1. The van der Waals surface area contributed by atoms with Gasteiger partial charge < -0.3 is 10.6 Å². The van der Waals surface area contributed by atoms with Gasteiger partial charge in [0.25, 0.3) is 0 Å². The Bertz CT molecular complexity index is 513. The summed E-state index contributed by atoms with van der Waals surface area (Å²) < 4.78 is 20.8. The predicted molar refractivity (Wildman–Crippen MR) is 76.8 cm³/mol. The number of carbonyl (C=O) groups is 1. The molecule has 0 atom stereocenters. The van der Waals surface area contributed by atoms with Crippen LogP contribution in [0.5, 0.6) is 0 Å². The summed E-state index contributed by atoms with van der Waals surface area (Å²) in [5.41, 5.74) is 2.30. The van der Waals surface area contributed by atoms with Crippen LogP contribution in [0.2, 0.25) is 0 Å². The van der Waals surface area contributed by atoms with Gasteiger partial charge in [-0.25, -0.2) is 8.42 Å². The third-order valence-corrected chi connectivity index (χ3v) is 3.01. The summed E-state index contributed by atoms with van der Waals surface area (Å²) in [5.74, 6) is -0.0485. The van der Waals surface area contributed by atoms with Gasteiger partial charge in [-0.05, 0) is 24.6 Å². The number of amides is 1. The third-order valence-electron chi connectivity index (χ3n) is 2.42. The SMILES string of the molecule is C=C(C)C(=O)NCc1ccc(NCC[SH](=O)=O)cc1. The average Bonchev–Trinajstić information content (AvgIpc) is 2.37. The topological polar surface area (TPSA) is 75.3 Å². The maximum absolute atomic E-state index is 11.3. The van der Waals surface area contributed by atoms with Crippen molar-refractivity contribution in [1.82, 2.24) is 5.32 Å². The van der Waals surface area contributed by atoms with Gasteiger partial charge >= 0.3 is 0 Å². The minimum Gasteiger partial charge on any atom is -0.384 e. The molecule has 0 fully saturated rings. The molecule has 0 aliphatic heterocycles. The normalized spacial score (nSPS) is 10.2. The van der Waals surface area contributed by atoms with Gasteiger partial charge in [0, 0.05) is 24.4 Å². The minimum absolute atomic E-state index is 0.117. The molecule has 6 heteroatoms. The zero-order chi connectivity index (χ0) is 14.3. The molecule has 0 saturated carbocycles. The summed E-state index contributed by atoms with van der Waals surface area (Å²) in [6.07, 6.45) is 0. The zero-order valence-corrected chi connectivity index (χ0v) is 11.7. The molecule has 0 bridgehead atoms. The van der Waals surface area contributed by atoms with Crippen LogP contribution in [0.25, 0.3) is 0 Å². The first kappa shape index (κ1) is 15.2. The maximum atomic E-state index is 11.3. The third kappa shape index (κ3) is 6.05. The second-order valence-electron chi connectivity index (χ2n) is 4.14. The van der Waals surface area contributed by atoms with E-state index in [0.717, 1.165) is 11.3 Å². The van der Waals surface area contributed by atoms with Crippen molar-refractivity contribution in [3.63, 3.8) is 0 Å². The second kappa shape index (κ2) is 7.58. The van der Waals surface area contributed by atoms with Crippen LogP contribution in [-0.4, -0.2) is 26.6 Å². The lowest BCUT2D eigenvalue weighted by molar-refractivity contribution is -0.117. The number of hydrogen-bond acceptors (Lipinski definition) is 4. The van der Waals surface area contributed by atoms with Gasteiger partial charge in [-0.2, -0.15) is 0 Å². The molecule has 0 spiro atoms. The van der Waals surface area contributed by atoms with Crippen LogP contribution in [0, 0.1) is 0 Å². The fraction of sp³-hybridized carbons (Fsp3) is 0.308. The van der Waals surface area contributed by atoms with Gasteiger partial charge in [0.2, 0.25) is 5.91 Å². The monoisotopic (exact) mass is 282 g/mol. The van der Waals surface area contributed by atoms with E-state index in [0.29, 0.717) is 18.7 Å². The van der Waals surface area contributed by atoms with Crippen molar-refractivity contribution in [1.29, 1.82) is 0 Å². The van der Waals surface area contributed by atoms with Gasteiger partial charge in [0.05, 0.1) is 5.75 Å². The summed E-state index contributed by atoms with van der Waals surface area (Å²) in [6.45, 7) is 6.05. The number of hydrogen-bond donors (Lipinski definition) is 3. The first-order valence-corrected chi connectivity index (χ1v) is 7.23. The Kier molecular flexibility index (Phi) is 6.08. The molecule has 104 valence electrons. The molecule has 19 heavy (non-hydrogen) atoms. The highest BCUT2D eigenvalue weighted by molar-refractivity contribution is 7.72. The summed E-state index contributed by atoms with van der Waals surface area (Å²) >= 11 is 0. The molecule has 0 unspecified atom stereocenters. The molecule has 5 nitrogen and oxygen atoms in total. The van der Waals surface area contributed by atoms with E-state index in [9.17, 15) is 13.2 Å². The molecule has 0 heterocycles. The molecule has 0 aliphatic rings. The Balaban J connectivity index is 2.43. The molecular weight excluding hydrogens is 264 g/mol. The van der Waals surface area contributed by atoms with E-state index in [1.54, 1.807) is 6.92 Å². The van der Waals surface area contributed by atoms with Gasteiger partial charge in [-0.3, -0.25) is 4.79 Å². The molecule has 0 aromatic heterocycles. The van der Waals surface area contributed by atoms with E-state index in [4.69, 9.17) is 0 Å². The average molecular weight is 282 g/mol. The molecule has 0 saturated heterocycles. The fourth-order valence-corrected chi connectivity index (χ4v) is 1.66. The van der Waals surface area contributed by atoms with Gasteiger partial charge in [-0.1, -0.05) is 18.7 Å². The van der Waals surface area contributed by atoms with Crippen molar-refractivity contribution in [2.24, 2.45) is 0 Å². The quantitative estimate of drug-likeness (QED) is 0.513. The fourth-order valence-electron chi connectivity index (χ4n) is 1.37. The van der Waals surface area contributed by atoms with Crippen LogP contribution in [0.15, 0.2) is 36.4 Å². The second-order valence-corrected chi connectivity index (χ2v) is 5.26. The van der Waals surface area contributed by atoms with E-state index < -0.39 is 10.7 Å². The lowest BCUT2D eigenvalue weighted by Crippen LogP contribution is -2.22.